The summed E-state index contributed by atoms with van der Waals surface area (Å²) < 4.78 is 4.97. The largest absolute Gasteiger partial charge is 0.383 e. The van der Waals surface area contributed by atoms with E-state index in [-0.39, 0.29) is 18.1 Å². The molecule has 1 rings (SSSR count). The second-order valence-electron chi connectivity index (χ2n) is 3.95. The van der Waals surface area contributed by atoms with Crippen molar-refractivity contribution in [3.63, 3.8) is 0 Å². The lowest BCUT2D eigenvalue weighted by Crippen LogP contribution is -2.43. The van der Waals surface area contributed by atoms with Crippen LogP contribution in [0.1, 0.15) is 31.2 Å². The summed E-state index contributed by atoms with van der Waals surface area (Å²) >= 11 is 1.66. The highest BCUT2D eigenvalue weighted by Gasteiger charge is 2.14. The van der Waals surface area contributed by atoms with Crippen LogP contribution in [0.15, 0.2) is 17.5 Å². The zero-order valence-corrected chi connectivity index (χ0v) is 11.3. The van der Waals surface area contributed by atoms with Gasteiger partial charge in [0, 0.05) is 12.0 Å². The molecule has 0 aliphatic rings. The summed E-state index contributed by atoms with van der Waals surface area (Å²) in [4.78, 5) is 12.9. The van der Waals surface area contributed by atoms with Gasteiger partial charge in [0.2, 0.25) is 0 Å². The molecule has 2 amide bonds. The van der Waals surface area contributed by atoms with Crippen LogP contribution in [0.5, 0.6) is 0 Å². The van der Waals surface area contributed by atoms with Crippen LogP contribution < -0.4 is 10.6 Å². The van der Waals surface area contributed by atoms with Gasteiger partial charge in [0.15, 0.2) is 0 Å². The van der Waals surface area contributed by atoms with Gasteiger partial charge in [-0.3, -0.25) is 0 Å². The van der Waals surface area contributed by atoms with E-state index in [0.717, 1.165) is 6.42 Å². The molecule has 96 valence electrons. The van der Waals surface area contributed by atoms with E-state index in [2.05, 4.69) is 17.6 Å². The molecule has 1 aromatic heterocycles. The maximum absolute atomic E-state index is 11.7. The van der Waals surface area contributed by atoms with Crippen molar-refractivity contribution < 1.29 is 9.53 Å². The molecule has 2 atom stereocenters. The van der Waals surface area contributed by atoms with Crippen LogP contribution in [0, 0.1) is 0 Å². The van der Waals surface area contributed by atoms with Crippen LogP contribution in [0.3, 0.4) is 0 Å². The third-order valence-corrected chi connectivity index (χ3v) is 3.38. The van der Waals surface area contributed by atoms with Crippen molar-refractivity contribution >= 4 is 17.4 Å². The minimum atomic E-state index is -0.144. The third-order valence-electron chi connectivity index (χ3n) is 2.39. The van der Waals surface area contributed by atoms with Crippen LogP contribution in [0.2, 0.25) is 0 Å². The Hall–Kier alpha value is -1.07. The first-order valence-corrected chi connectivity index (χ1v) is 6.64. The fourth-order valence-electron chi connectivity index (χ4n) is 1.58. The molecule has 0 saturated carbocycles. The molecule has 0 spiro atoms. The Bertz CT molecular complexity index is 327. The third kappa shape index (κ3) is 4.75. The number of urea groups is 1. The number of nitrogens with one attached hydrogen (secondary N) is 2. The maximum atomic E-state index is 11.7. The van der Waals surface area contributed by atoms with Gasteiger partial charge in [0.05, 0.1) is 18.7 Å². The predicted molar refractivity (Wildman–Crippen MR) is 70.4 cm³/mol. The number of carbonyl (C=O) groups excluding carboxylic acids is 1. The lowest BCUT2D eigenvalue weighted by molar-refractivity contribution is 0.170. The number of hydrogen-bond acceptors (Lipinski definition) is 3. The average Bonchev–Trinajstić information content (AvgIpc) is 2.79. The SMILES string of the molecule is CCC(NC(=O)NC(C)COC)c1cccs1. The molecule has 1 aromatic rings. The van der Waals surface area contributed by atoms with Crippen molar-refractivity contribution in [2.24, 2.45) is 0 Å². The Morgan fingerprint density at radius 1 is 1.53 bits per heavy atom. The lowest BCUT2D eigenvalue weighted by Gasteiger charge is -2.18. The molecule has 2 unspecified atom stereocenters. The van der Waals surface area contributed by atoms with Gasteiger partial charge >= 0.3 is 6.03 Å². The molecule has 0 fully saturated rings. The Balaban J connectivity index is 2.43. The zero-order valence-electron chi connectivity index (χ0n) is 10.5. The molecule has 0 radical (unpaired) electrons. The maximum Gasteiger partial charge on any atom is 0.315 e. The van der Waals surface area contributed by atoms with Gasteiger partial charge in [0.25, 0.3) is 0 Å². The molecule has 0 saturated heterocycles. The number of ether oxygens (including phenoxy) is 1. The van der Waals surface area contributed by atoms with E-state index in [1.165, 1.54) is 4.88 Å². The summed E-state index contributed by atoms with van der Waals surface area (Å²) in [5, 5.41) is 7.82. The number of rotatable bonds is 6. The zero-order chi connectivity index (χ0) is 12.7. The summed E-state index contributed by atoms with van der Waals surface area (Å²) in [6.07, 6.45) is 0.882. The van der Waals surface area contributed by atoms with Crippen molar-refractivity contribution in [1.29, 1.82) is 0 Å². The Kier molecular flexibility index (Phi) is 6.00. The summed E-state index contributed by atoms with van der Waals surface area (Å²) in [7, 11) is 1.62. The normalized spacial score (nSPS) is 14.1. The van der Waals surface area contributed by atoms with E-state index < -0.39 is 0 Å². The topological polar surface area (TPSA) is 50.4 Å². The summed E-state index contributed by atoms with van der Waals surface area (Å²) in [6, 6.07) is 3.99. The van der Waals surface area contributed by atoms with Crippen molar-refractivity contribution in [1.82, 2.24) is 10.6 Å². The van der Waals surface area contributed by atoms with E-state index in [0.29, 0.717) is 6.61 Å². The Morgan fingerprint density at radius 2 is 2.29 bits per heavy atom. The van der Waals surface area contributed by atoms with Crippen LogP contribution >= 0.6 is 11.3 Å². The number of carbonyl (C=O) groups is 1. The first kappa shape index (κ1) is 14.0. The molecule has 1 heterocycles. The molecule has 0 aromatic carbocycles. The lowest BCUT2D eigenvalue weighted by atomic mass is 10.2. The molecular formula is C12H20N2O2S. The van der Waals surface area contributed by atoms with Crippen LogP contribution in [-0.4, -0.2) is 25.8 Å². The number of hydrogen-bond donors (Lipinski definition) is 2. The second kappa shape index (κ2) is 7.29. The highest BCUT2D eigenvalue weighted by molar-refractivity contribution is 7.10. The average molecular weight is 256 g/mol. The van der Waals surface area contributed by atoms with E-state index in [1.54, 1.807) is 18.4 Å². The van der Waals surface area contributed by atoms with Crippen molar-refractivity contribution in [3.05, 3.63) is 22.4 Å². The minimum Gasteiger partial charge on any atom is -0.383 e. The molecule has 2 N–H and O–H groups in total. The molecule has 4 nitrogen and oxygen atoms in total. The first-order chi connectivity index (χ1) is 8.17. The van der Waals surface area contributed by atoms with Crippen molar-refractivity contribution in [3.8, 4) is 0 Å². The van der Waals surface area contributed by atoms with Gasteiger partial charge in [0.1, 0.15) is 0 Å². The second-order valence-corrected chi connectivity index (χ2v) is 4.93. The van der Waals surface area contributed by atoms with Crippen LogP contribution in [0.25, 0.3) is 0 Å². The van der Waals surface area contributed by atoms with Crippen molar-refractivity contribution in [2.75, 3.05) is 13.7 Å². The quantitative estimate of drug-likeness (QED) is 0.821. The van der Waals surface area contributed by atoms with Gasteiger partial charge < -0.3 is 15.4 Å². The highest BCUT2D eigenvalue weighted by atomic mass is 32.1. The molecule has 0 aliphatic heterocycles. The molecule has 5 heteroatoms. The van der Waals surface area contributed by atoms with Crippen LogP contribution in [-0.2, 0) is 4.74 Å². The van der Waals surface area contributed by atoms with E-state index in [4.69, 9.17) is 4.74 Å². The Labute approximate surface area is 106 Å². The summed E-state index contributed by atoms with van der Waals surface area (Å²) in [5.74, 6) is 0. The molecule has 17 heavy (non-hydrogen) atoms. The highest BCUT2D eigenvalue weighted by Crippen LogP contribution is 2.21. The van der Waals surface area contributed by atoms with Gasteiger partial charge in [-0.1, -0.05) is 13.0 Å². The van der Waals surface area contributed by atoms with Gasteiger partial charge in [-0.15, -0.1) is 11.3 Å². The Morgan fingerprint density at radius 3 is 2.82 bits per heavy atom. The van der Waals surface area contributed by atoms with Gasteiger partial charge in [-0.25, -0.2) is 4.79 Å². The number of amides is 2. The van der Waals surface area contributed by atoms with E-state index >= 15 is 0 Å². The number of methoxy groups -OCH3 is 1. The minimum absolute atomic E-state index is 0.0147. The van der Waals surface area contributed by atoms with Gasteiger partial charge in [-0.2, -0.15) is 0 Å². The van der Waals surface area contributed by atoms with Crippen LogP contribution in [0.4, 0.5) is 4.79 Å². The predicted octanol–water partition coefficient (Wildman–Crippen LogP) is 2.53. The molecule has 0 bridgehead atoms. The monoisotopic (exact) mass is 256 g/mol. The fourth-order valence-corrected chi connectivity index (χ4v) is 2.44. The standard InChI is InChI=1S/C12H20N2O2S/c1-4-10(11-6-5-7-17-11)14-12(15)13-9(2)8-16-3/h5-7,9-10H,4,8H2,1-3H3,(H2,13,14,15). The summed E-state index contributed by atoms with van der Waals surface area (Å²) in [5.41, 5.74) is 0. The fraction of sp³-hybridized carbons (Fsp3) is 0.583. The first-order valence-electron chi connectivity index (χ1n) is 5.76. The smallest absolute Gasteiger partial charge is 0.315 e. The van der Waals surface area contributed by atoms with E-state index in [9.17, 15) is 4.79 Å². The molecular weight excluding hydrogens is 236 g/mol. The summed E-state index contributed by atoms with van der Waals surface area (Å²) in [6.45, 7) is 4.49. The van der Waals surface area contributed by atoms with Crippen molar-refractivity contribution in [2.45, 2.75) is 32.4 Å². The van der Waals surface area contributed by atoms with Gasteiger partial charge in [-0.05, 0) is 24.8 Å². The number of thiophene rings is 1. The van der Waals surface area contributed by atoms with E-state index in [1.807, 2.05) is 24.4 Å². The molecule has 0 aliphatic carbocycles.